The Bertz CT molecular complexity index is 380. The van der Waals surface area contributed by atoms with E-state index in [9.17, 15) is 5.11 Å². The summed E-state index contributed by atoms with van der Waals surface area (Å²) < 4.78 is 5.04. The summed E-state index contributed by atoms with van der Waals surface area (Å²) in [6, 6.07) is 5.92. The van der Waals surface area contributed by atoms with Gasteiger partial charge in [-0.1, -0.05) is 18.2 Å². The molecule has 1 aromatic rings. The van der Waals surface area contributed by atoms with Gasteiger partial charge in [0.2, 0.25) is 0 Å². The van der Waals surface area contributed by atoms with Gasteiger partial charge in [0, 0.05) is 24.2 Å². The number of methoxy groups -OCH3 is 1. The lowest BCUT2D eigenvalue weighted by atomic mass is 10.1. The molecule has 3 heteroatoms. The number of phenols is 1. The minimum Gasteiger partial charge on any atom is -0.507 e. The maximum Gasteiger partial charge on any atom is 0.123 e. The Hall–Kier alpha value is -1.48. The van der Waals surface area contributed by atoms with Crippen molar-refractivity contribution in [1.29, 1.82) is 0 Å². The average molecular weight is 219 g/mol. The Morgan fingerprint density at radius 2 is 2.12 bits per heavy atom. The number of hydrogen-bond acceptors (Lipinski definition) is 3. The molecule has 1 aromatic carbocycles. The van der Waals surface area contributed by atoms with E-state index in [2.05, 4.69) is 17.5 Å². The van der Waals surface area contributed by atoms with E-state index in [1.807, 2.05) is 12.1 Å². The van der Waals surface area contributed by atoms with Crippen molar-refractivity contribution in [3.8, 4) is 11.5 Å². The fourth-order valence-corrected chi connectivity index (χ4v) is 1.86. The lowest BCUT2D eigenvalue weighted by molar-refractivity contribution is 0.405. The van der Waals surface area contributed by atoms with Gasteiger partial charge in [0.25, 0.3) is 0 Å². The third kappa shape index (κ3) is 2.55. The Labute approximate surface area is 95.7 Å². The molecule has 86 valence electrons. The summed E-state index contributed by atoms with van der Waals surface area (Å²) in [6.07, 6.45) is 6.53. The van der Waals surface area contributed by atoms with Gasteiger partial charge in [-0.25, -0.2) is 0 Å². The first-order chi connectivity index (χ1) is 7.79. The number of ether oxygens (including phenoxy) is 1. The zero-order valence-corrected chi connectivity index (χ0v) is 9.44. The molecule has 0 atom stereocenters. The van der Waals surface area contributed by atoms with Gasteiger partial charge in [-0.15, -0.1) is 0 Å². The molecule has 0 radical (unpaired) electrons. The Morgan fingerprint density at radius 3 is 2.75 bits per heavy atom. The highest BCUT2D eigenvalue weighted by molar-refractivity contribution is 5.39. The van der Waals surface area contributed by atoms with Crippen molar-refractivity contribution in [2.24, 2.45) is 0 Å². The molecule has 1 aliphatic carbocycles. The van der Waals surface area contributed by atoms with Crippen LogP contribution in [0.4, 0.5) is 0 Å². The number of rotatable bonds is 4. The van der Waals surface area contributed by atoms with Crippen molar-refractivity contribution in [3.05, 3.63) is 35.9 Å². The number of hydrogen-bond donors (Lipinski definition) is 2. The van der Waals surface area contributed by atoms with Gasteiger partial charge in [0.15, 0.2) is 0 Å². The highest BCUT2D eigenvalue weighted by Crippen LogP contribution is 2.23. The zero-order valence-electron chi connectivity index (χ0n) is 9.44. The fraction of sp³-hybridized carbons (Fsp3) is 0.385. The summed E-state index contributed by atoms with van der Waals surface area (Å²) in [7, 11) is 1.59. The summed E-state index contributed by atoms with van der Waals surface area (Å²) in [5, 5.41) is 13.2. The van der Waals surface area contributed by atoms with Crippen LogP contribution in [-0.4, -0.2) is 18.3 Å². The van der Waals surface area contributed by atoms with Crippen LogP contribution in [0.25, 0.3) is 0 Å². The quantitative estimate of drug-likeness (QED) is 0.763. The Kier molecular flexibility index (Phi) is 3.47. The van der Waals surface area contributed by atoms with Crippen LogP contribution in [0.3, 0.4) is 0 Å². The first-order valence-corrected chi connectivity index (χ1v) is 5.54. The maximum absolute atomic E-state index is 9.76. The molecule has 2 rings (SSSR count). The molecule has 0 spiro atoms. The summed E-state index contributed by atoms with van der Waals surface area (Å²) in [5.74, 6) is 0.974. The van der Waals surface area contributed by atoms with Crippen molar-refractivity contribution >= 4 is 0 Å². The number of phenolic OH excluding ortho intramolecular Hbond substituents is 1. The van der Waals surface area contributed by atoms with Crippen molar-refractivity contribution in [2.45, 2.75) is 25.4 Å². The minimum atomic E-state index is 0.290. The van der Waals surface area contributed by atoms with Gasteiger partial charge in [-0.05, 0) is 18.9 Å². The third-order valence-electron chi connectivity index (χ3n) is 2.88. The first-order valence-electron chi connectivity index (χ1n) is 5.54. The van der Waals surface area contributed by atoms with E-state index in [4.69, 9.17) is 4.74 Å². The van der Waals surface area contributed by atoms with Crippen molar-refractivity contribution in [2.75, 3.05) is 7.11 Å². The monoisotopic (exact) mass is 219 g/mol. The molecule has 2 N–H and O–H groups in total. The van der Waals surface area contributed by atoms with Crippen LogP contribution in [-0.2, 0) is 6.54 Å². The number of aromatic hydroxyl groups is 1. The minimum absolute atomic E-state index is 0.290. The lowest BCUT2D eigenvalue weighted by Crippen LogP contribution is -2.25. The molecule has 0 saturated carbocycles. The standard InChI is InChI=1S/C13H17NO2/c1-16-12-7-6-10(13(15)8-12)9-14-11-4-2-3-5-11/h2-3,6-8,11,14-15H,4-5,9H2,1H3. The normalized spacial score (nSPS) is 15.6. The van der Waals surface area contributed by atoms with Crippen LogP contribution in [0, 0.1) is 0 Å². The molecule has 0 fully saturated rings. The summed E-state index contributed by atoms with van der Waals surface area (Å²) in [4.78, 5) is 0. The molecular formula is C13H17NO2. The molecule has 0 bridgehead atoms. The molecule has 16 heavy (non-hydrogen) atoms. The second-order valence-corrected chi connectivity index (χ2v) is 4.02. The van der Waals surface area contributed by atoms with Crippen LogP contribution in [0.1, 0.15) is 18.4 Å². The predicted molar refractivity (Wildman–Crippen MR) is 63.7 cm³/mol. The third-order valence-corrected chi connectivity index (χ3v) is 2.88. The smallest absolute Gasteiger partial charge is 0.123 e. The zero-order chi connectivity index (χ0) is 11.4. The Morgan fingerprint density at radius 1 is 1.38 bits per heavy atom. The average Bonchev–Trinajstić information content (AvgIpc) is 2.80. The molecule has 0 heterocycles. The Balaban J connectivity index is 1.93. The van der Waals surface area contributed by atoms with Crippen LogP contribution < -0.4 is 10.1 Å². The van der Waals surface area contributed by atoms with Crippen molar-refractivity contribution < 1.29 is 9.84 Å². The highest BCUT2D eigenvalue weighted by atomic mass is 16.5. The van der Waals surface area contributed by atoms with E-state index in [-0.39, 0.29) is 5.75 Å². The molecule has 1 aliphatic rings. The van der Waals surface area contributed by atoms with Crippen LogP contribution in [0.2, 0.25) is 0 Å². The van der Waals surface area contributed by atoms with E-state index in [1.165, 1.54) is 0 Å². The molecular weight excluding hydrogens is 202 g/mol. The summed E-state index contributed by atoms with van der Waals surface area (Å²) in [6.45, 7) is 0.697. The number of nitrogens with one attached hydrogen (secondary N) is 1. The van der Waals surface area contributed by atoms with Crippen LogP contribution >= 0.6 is 0 Å². The second-order valence-electron chi connectivity index (χ2n) is 4.02. The van der Waals surface area contributed by atoms with E-state index in [0.29, 0.717) is 18.3 Å². The summed E-state index contributed by atoms with van der Waals surface area (Å²) in [5.41, 5.74) is 0.910. The summed E-state index contributed by atoms with van der Waals surface area (Å²) >= 11 is 0. The van der Waals surface area contributed by atoms with Gasteiger partial charge in [0.1, 0.15) is 11.5 Å². The van der Waals surface area contributed by atoms with E-state index < -0.39 is 0 Å². The topological polar surface area (TPSA) is 41.5 Å². The van der Waals surface area contributed by atoms with Crippen LogP contribution in [0.5, 0.6) is 11.5 Å². The van der Waals surface area contributed by atoms with E-state index in [0.717, 1.165) is 18.4 Å². The first kappa shape index (κ1) is 11.0. The number of benzene rings is 1. The molecule has 0 aromatic heterocycles. The van der Waals surface area contributed by atoms with Crippen LogP contribution in [0.15, 0.2) is 30.4 Å². The SMILES string of the molecule is COc1ccc(CNC2CC=CC2)c(O)c1. The molecule has 0 aliphatic heterocycles. The van der Waals surface area contributed by atoms with E-state index >= 15 is 0 Å². The molecule has 3 nitrogen and oxygen atoms in total. The predicted octanol–water partition coefficient (Wildman–Crippen LogP) is 2.21. The largest absolute Gasteiger partial charge is 0.507 e. The maximum atomic E-state index is 9.76. The van der Waals surface area contributed by atoms with Gasteiger partial charge in [0.05, 0.1) is 7.11 Å². The van der Waals surface area contributed by atoms with Crippen molar-refractivity contribution in [1.82, 2.24) is 5.32 Å². The van der Waals surface area contributed by atoms with Crippen molar-refractivity contribution in [3.63, 3.8) is 0 Å². The van der Waals surface area contributed by atoms with Gasteiger partial charge >= 0.3 is 0 Å². The second kappa shape index (κ2) is 5.03. The van der Waals surface area contributed by atoms with Gasteiger partial charge < -0.3 is 15.2 Å². The van der Waals surface area contributed by atoms with Gasteiger partial charge in [-0.3, -0.25) is 0 Å². The van der Waals surface area contributed by atoms with E-state index in [1.54, 1.807) is 13.2 Å². The molecule has 0 unspecified atom stereocenters. The molecule has 0 saturated heterocycles. The van der Waals surface area contributed by atoms with Gasteiger partial charge in [-0.2, -0.15) is 0 Å². The highest BCUT2D eigenvalue weighted by Gasteiger charge is 2.10. The fourth-order valence-electron chi connectivity index (χ4n) is 1.86. The molecule has 0 amide bonds. The lowest BCUT2D eigenvalue weighted by Gasteiger charge is -2.13.